The van der Waals surface area contributed by atoms with Gasteiger partial charge < -0.3 is 20.4 Å². The Morgan fingerprint density at radius 1 is 1.05 bits per heavy atom. The Hall–Kier alpha value is -3.15. The molecule has 2 saturated heterocycles. The summed E-state index contributed by atoms with van der Waals surface area (Å²) in [5.41, 5.74) is -0.648. The first-order chi connectivity index (χ1) is 18.1. The van der Waals surface area contributed by atoms with Gasteiger partial charge in [-0.2, -0.15) is 18.2 Å². The van der Waals surface area contributed by atoms with Crippen molar-refractivity contribution in [1.29, 1.82) is 0 Å². The van der Waals surface area contributed by atoms with Gasteiger partial charge in [0, 0.05) is 55.9 Å². The van der Waals surface area contributed by atoms with E-state index in [2.05, 4.69) is 60.2 Å². The van der Waals surface area contributed by atoms with Crippen LogP contribution in [0.5, 0.6) is 0 Å². The molecule has 12 heteroatoms. The number of alkyl halides is 3. The molecule has 1 aromatic carbocycles. The van der Waals surface area contributed by atoms with Crippen molar-refractivity contribution in [2.24, 2.45) is 0 Å². The fraction of sp³-hybridized carbons (Fsp3) is 0.593. The zero-order valence-electron chi connectivity index (χ0n) is 23.3. The molecule has 2 aromatic rings. The monoisotopic (exact) mass is 551 g/mol. The molecule has 2 fully saturated rings. The lowest BCUT2D eigenvalue weighted by molar-refractivity contribution is -0.137. The third-order valence-electron chi connectivity index (χ3n) is 8.02. The molecule has 0 saturated carbocycles. The average Bonchev–Trinajstić information content (AvgIpc) is 2.83. The number of amides is 1. The van der Waals surface area contributed by atoms with Gasteiger partial charge in [-0.3, -0.25) is 9.69 Å². The number of rotatable bonds is 5. The predicted octanol–water partition coefficient (Wildman–Crippen LogP) is 5.11. The van der Waals surface area contributed by atoms with Crippen LogP contribution in [0.2, 0.25) is 0 Å². The number of hydrogen-bond acceptors (Lipinski definition) is 7. The number of benzene rings is 1. The first-order valence-electron chi connectivity index (χ1n) is 13.1. The lowest BCUT2D eigenvalue weighted by Gasteiger charge is -2.53. The number of hydrogen-bond donors (Lipinski definition) is 2. The van der Waals surface area contributed by atoms with E-state index in [-0.39, 0.29) is 53.6 Å². The summed E-state index contributed by atoms with van der Waals surface area (Å²) in [6, 6.07) is 3.68. The molecule has 0 spiro atoms. The molecule has 0 radical (unpaired) electrons. The van der Waals surface area contributed by atoms with E-state index in [0.29, 0.717) is 18.8 Å². The van der Waals surface area contributed by atoms with Gasteiger partial charge in [0.1, 0.15) is 0 Å². The number of likely N-dealkylation sites (tertiary alicyclic amines) is 1. The Labute approximate surface area is 226 Å². The molecule has 0 bridgehead atoms. The highest BCUT2D eigenvalue weighted by atomic mass is 19.4. The number of nitrogens with one attached hydrogen (secondary N) is 2. The second-order valence-corrected chi connectivity index (χ2v) is 11.7. The summed E-state index contributed by atoms with van der Waals surface area (Å²) in [5, 5.41) is 6.17. The summed E-state index contributed by atoms with van der Waals surface area (Å²) in [6.07, 6.45) is -1.95. The summed E-state index contributed by atoms with van der Waals surface area (Å²) in [7, 11) is 2.09. The third-order valence-corrected chi connectivity index (χ3v) is 8.02. The van der Waals surface area contributed by atoms with Crippen molar-refractivity contribution >= 4 is 29.0 Å². The van der Waals surface area contributed by atoms with E-state index >= 15 is 0 Å². The van der Waals surface area contributed by atoms with Gasteiger partial charge in [0.25, 0.3) is 0 Å². The van der Waals surface area contributed by atoms with E-state index in [1.54, 1.807) is 9.80 Å². The smallest absolute Gasteiger partial charge is 0.367 e. The van der Waals surface area contributed by atoms with Crippen molar-refractivity contribution < 1.29 is 22.4 Å². The molecule has 2 aliphatic rings. The van der Waals surface area contributed by atoms with Crippen LogP contribution in [-0.4, -0.2) is 76.0 Å². The lowest BCUT2D eigenvalue weighted by Crippen LogP contribution is -2.61. The van der Waals surface area contributed by atoms with E-state index in [0.717, 1.165) is 25.1 Å². The number of nitrogens with zero attached hydrogens (tertiary/aromatic N) is 5. The topological polar surface area (TPSA) is 76.6 Å². The molecule has 2 N–H and O–H groups in total. The fourth-order valence-corrected chi connectivity index (χ4v) is 5.70. The Bertz CT molecular complexity index is 1190. The van der Waals surface area contributed by atoms with Crippen LogP contribution in [0.25, 0.3) is 0 Å². The molecule has 1 aromatic heterocycles. The van der Waals surface area contributed by atoms with Crippen molar-refractivity contribution in [3.05, 3.63) is 35.8 Å². The second-order valence-electron chi connectivity index (χ2n) is 11.7. The van der Waals surface area contributed by atoms with Gasteiger partial charge in [-0.1, -0.05) is 0 Å². The van der Waals surface area contributed by atoms with Crippen molar-refractivity contribution in [3.8, 4) is 0 Å². The molecule has 39 heavy (non-hydrogen) atoms. The van der Waals surface area contributed by atoms with Crippen molar-refractivity contribution in [3.63, 3.8) is 0 Å². The maximum absolute atomic E-state index is 14.7. The zero-order chi connectivity index (χ0) is 28.8. The largest absolute Gasteiger partial charge is 0.418 e. The highest BCUT2D eigenvalue weighted by Gasteiger charge is 2.43. The van der Waals surface area contributed by atoms with Gasteiger partial charge in [0.05, 0.1) is 17.4 Å². The van der Waals surface area contributed by atoms with Crippen LogP contribution in [0.4, 0.5) is 40.7 Å². The molecular weight excluding hydrogens is 514 g/mol. The predicted molar refractivity (Wildman–Crippen MR) is 144 cm³/mol. The Kier molecular flexibility index (Phi) is 7.72. The quantitative estimate of drug-likeness (QED) is 0.500. The van der Waals surface area contributed by atoms with Crippen molar-refractivity contribution in [2.75, 3.05) is 48.8 Å². The fourth-order valence-electron chi connectivity index (χ4n) is 5.70. The maximum atomic E-state index is 14.7. The van der Waals surface area contributed by atoms with Crippen LogP contribution in [-0.2, 0) is 11.0 Å². The molecule has 2 aliphatic heterocycles. The molecule has 1 amide bonds. The van der Waals surface area contributed by atoms with Crippen LogP contribution >= 0.6 is 0 Å². The molecular formula is C27H37F4N7O. The minimum Gasteiger partial charge on any atom is -0.367 e. The second kappa shape index (κ2) is 10.4. The van der Waals surface area contributed by atoms with E-state index in [4.69, 9.17) is 0 Å². The summed E-state index contributed by atoms with van der Waals surface area (Å²) in [4.78, 5) is 25.5. The molecule has 214 valence electrons. The first kappa shape index (κ1) is 28.8. The van der Waals surface area contributed by atoms with E-state index in [1.165, 1.54) is 19.1 Å². The summed E-state index contributed by atoms with van der Waals surface area (Å²) in [5.74, 6) is -0.600. The normalized spacial score (nSPS) is 20.2. The van der Waals surface area contributed by atoms with Crippen LogP contribution in [0.3, 0.4) is 0 Å². The number of anilines is 4. The number of halogens is 4. The number of piperazine rings is 1. The Morgan fingerprint density at radius 3 is 2.23 bits per heavy atom. The SMILES string of the molecule is CC(=O)N1CCN(c2cc(Nc3ncc(F)c(NC4CC(C)(C)N(C)C(C)(C)C4)n3)ccc2C(F)(F)F)CC1. The molecule has 0 unspecified atom stereocenters. The average molecular weight is 552 g/mol. The summed E-state index contributed by atoms with van der Waals surface area (Å²) < 4.78 is 56.2. The number of carbonyl (C=O) groups excluding carboxylic acids is 1. The van der Waals surface area contributed by atoms with Crippen LogP contribution < -0.4 is 15.5 Å². The molecule has 4 rings (SSSR count). The molecule has 0 atom stereocenters. The van der Waals surface area contributed by atoms with Crippen LogP contribution in [0.15, 0.2) is 24.4 Å². The van der Waals surface area contributed by atoms with Gasteiger partial charge in [0.15, 0.2) is 11.6 Å². The van der Waals surface area contributed by atoms with E-state index in [9.17, 15) is 22.4 Å². The highest BCUT2D eigenvalue weighted by Crippen LogP contribution is 2.40. The van der Waals surface area contributed by atoms with E-state index in [1.807, 2.05) is 0 Å². The Balaban J connectivity index is 1.55. The van der Waals surface area contributed by atoms with Crippen molar-refractivity contribution in [1.82, 2.24) is 19.8 Å². The van der Waals surface area contributed by atoms with Crippen LogP contribution in [0.1, 0.15) is 53.0 Å². The Morgan fingerprint density at radius 2 is 1.67 bits per heavy atom. The molecule has 3 heterocycles. The van der Waals surface area contributed by atoms with Gasteiger partial charge in [-0.05, 0) is 65.8 Å². The summed E-state index contributed by atoms with van der Waals surface area (Å²) in [6.45, 7) is 11.3. The van der Waals surface area contributed by atoms with Gasteiger partial charge in [-0.25, -0.2) is 9.37 Å². The summed E-state index contributed by atoms with van der Waals surface area (Å²) >= 11 is 0. The van der Waals surface area contributed by atoms with Gasteiger partial charge in [-0.15, -0.1) is 0 Å². The zero-order valence-corrected chi connectivity index (χ0v) is 23.3. The van der Waals surface area contributed by atoms with Crippen molar-refractivity contribution in [2.45, 2.75) is 70.8 Å². The lowest BCUT2D eigenvalue weighted by atomic mass is 9.77. The van der Waals surface area contributed by atoms with E-state index < -0.39 is 17.6 Å². The van der Waals surface area contributed by atoms with Crippen LogP contribution in [0, 0.1) is 5.82 Å². The number of aromatic nitrogens is 2. The first-order valence-corrected chi connectivity index (χ1v) is 13.1. The minimum atomic E-state index is -4.55. The third kappa shape index (κ3) is 6.37. The standard InChI is InChI=1S/C27H37F4N7O/c1-17(39)37-9-11-38(12-10-37)22-13-18(7-8-20(22)27(29,30)31)34-24-32-16-21(28)23(35-24)33-19-14-25(2,3)36(6)26(4,5)15-19/h7-8,13,16,19H,9-12,14-15H2,1-6H3,(H2,32,33,34,35). The molecule has 8 nitrogen and oxygen atoms in total. The maximum Gasteiger partial charge on any atom is 0.418 e. The highest BCUT2D eigenvalue weighted by molar-refractivity contribution is 5.74. The van der Waals surface area contributed by atoms with Gasteiger partial charge >= 0.3 is 6.18 Å². The molecule has 0 aliphatic carbocycles. The number of carbonyl (C=O) groups is 1. The van der Waals surface area contributed by atoms with Gasteiger partial charge in [0.2, 0.25) is 11.9 Å². The number of piperidine rings is 1. The minimum absolute atomic E-state index is 0.00644.